The van der Waals surface area contributed by atoms with Crippen LogP contribution < -0.4 is 10.3 Å². The van der Waals surface area contributed by atoms with Crippen molar-refractivity contribution in [2.75, 3.05) is 6.61 Å². The van der Waals surface area contributed by atoms with Gasteiger partial charge in [0.15, 0.2) is 0 Å². The van der Waals surface area contributed by atoms with Crippen LogP contribution in [0.2, 0.25) is 5.02 Å². The maximum Gasteiger partial charge on any atom is 0.325 e. The molecule has 1 fully saturated rings. The fourth-order valence-electron chi connectivity index (χ4n) is 3.57. The second-order valence-corrected chi connectivity index (χ2v) is 8.18. The zero-order chi connectivity index (χ0) is 21.5. The normalized spacial score (nSPS) is 13.7. The lowest BCUT2D eigenvalue weighted by Gasteiger charge is -2.09. The van der Waals surface area contributed by atoms with E-state index in [2.05, 4.69) is 10.2 Å². The van der Waals surface area contributed by atoms with Gasteiger partial charge >= 0.3 is 5.97 Å². The van der Waals surface area contributed by atoms with Crippen LogP contribution in [0.5, 0.6) is 5.75 Å². The van der Waals surface area contributed by atoms with Crippen molar-refractivity contribution in [1.82, 2.24) is 19.6 Å². The van der Waals surface area contributed by atoms with Gasteiger partial charge in [0.25, 0.3) is 5.56 Å². The summed E-state index contributed by atoms with van der Waals surface area (Å²) in [6.45, 7) is 0.431. The van der Waals surface area contributed by atoms with Gasteiger partial charge < -0.3 is 9.84 Å². The average Bonchev–Trinajstić information content (AvgIpc) is 3.49. The van der Waals surface area contributed by atoms with Crippen LogP contribution in [0.15, 0.2) is 47.4 Å². The SMILES string of the molecule is O=C(O)Cn1nc(Cn2cc3cc(OCC4CC4)c(Cl)cc3n2)c2ccccc2c1=O. The van der Waals surface area contributed by atoms with Crippen molar-refractivity contribution in [2.45, 2.75) is 25.9 Å². The Kier molecular flexibility index (Phi) is 4.86. The smallest absolute Gasteiger partial charge is 0.325 e. The second kappa shape index (κ2) is 7.70. The fraction of sp³-hybridized carbons (Fsp3) is 0.273. The molecule has 1 saturated carbocycles. The molecule has 2 aromatic carbocycles. The molecule has 0 radical (unpaired) electrons. The minimum absolute atomic E-state index is 0.269. The van der Waals surface area contributed by atoms with Crippen molar-refractivity contribution in [3.8, 4) is 5.75 Å². The highest BCUT2D eigenvalue weighted by atomic mass is 35.5. The molecular weight excluding hydrogens is 420 g/mol. The molecule has 0 unspecified atom stereocenters. The van der Waals surface area contributed by atoms with Crippen LogP contribution in [0, 0.1) is 5.92 Å². The van der Waals surface area contributed by atoms with Crippen LogP contribution in [0.1, 0.15) is 18.5 Å². The van der Waals surface area contributed by atoms with Gasteiger partial charge in [0.2, 0.25) is 0 Å². The number of ether oxygens (including phenoxy) is 1. The lowest BCUT2D eigenvalue weighted by molar-refractivity contribution is -0.138. The number of nitrogens with zero attached hydrogens (tertiary/aromatic N) is 4. The highest BCUT2D eigenvalue weighted by Crippen LogP contribution is 2.33. The summed E-state index contributed by atoms with van der Waals surface area (Å²) in [6.07, 6.45) is 4.25. The van der Waals surface area contributed by atoms with E-state index in [1.165, 1.54) is 12.8 Å². The van der Waals surface area contributed by atoms with E-state index in [0.717, 1.165) is 10.1 Å². The van der Waals surface area contributed by atoms with E-state index in [0.29, 0.717) is 45.3 Å². The molecule has 158 valence electrons. The molecule has 5 rings (SSSR count). The summed E-state index contributed by atoms with van der Waals surface area (Å²) < 4.78 is 8.53. The number of fused-ring (bicyclic) bond motifs is 2. The number of aromatic nitrogens is 4. The van der Waals surface area contributed by atoms with Crippen LogP contribution in [0.3, 0.4) is 0 Å². The highest BCUT2D eigenvalue weighted by molar-refractivity contribution is 6.32. The van der Waals surface area contributed by atoms with Crippen molar-refractivity contribution in [2.24, 2.45) is 5.92 Å². The van der Waals surface area contributed by atoms with Crippen molar-refractivity contribution in [3.05, 3.63) is 63.7 Å². The zero-order valence-corrected chi connectivity index (χ0v) is 17.2. The minimum Gasteiger partial charge on any atom is -0.492 e. The average molecular weight is 439 g/mol. The minimum atomic E-state index is -1.13. The molecule has 31 heavy (non-hydrogen) atoms. The fourth-order valence-corrected chi connectivity index (χ4v) is 3.78. The summed E-state index contributed by atoms with van der Waals surface area (Å²) in [5, 5.41) is 20.5. The van der Waals surface area contributed by atoms with E-state index < -0.39 is 18.1 Å². The van der Waals surface area contributed by atoms with Gasteiger partial charge in [-0.3, -0.25) is 14.3 Å². The van der Waals surface area contributed by atoms with E-state index in [1.54, 1.807) is 28.9 Å². The molecule has 8 nitrogen and oxygen atoms in total. The number of halogens is 1. The molecule has 0 aliphatic heterocycles. The number of carboxylic acids is 1. The monoisotopic (exact) mass is 438 g/mol. The largest absolute Gasteiger partial charge is 0.492 e. The van der Waals surface area contributed by atoms with Crippen molar-refractivity contribution in [1.29, 1.82) is 0 Å². The number of aliphatic carboxylic acids is 1. The quantitative estimate of drug-likeness (QED) is 0.475. The first-order chi connectivity index (χ1) is 15.0. The van der Waals surface area contributed by atoms with Crippen LogP contribution >= 0.6 is 11.6 Å². The van der Waals surface area contributed by atoms with E-state index in [-0.39, 0.29) is 6.54 Å². The number of hydrogen-bond acceptors (Lipinski definition) is 5. The van der Waals surface area contributed by atoms with Crippen LogP contribution in [-0.4, -0.2) is 37.2 Å². The zero-order valence-electron chi connectivity index (χ0n) is 16.5. The molecule has 9 heteroatoms. The molecular formula is C22H19ClN4O4. The lowest BCUT2D eigenvalue weighted by atomic mass is 10.1. The molecule has 2 aromatic heterocycles. The first-order valence-corrected chi connectivity index (χ1v) is 10.4. The number of benzene rings is 2. The standard InChI is InChI=1S/C22H19ClN4O4/c23-17-8-18-14(7-20(17)31-12-13-5-6-13)9-26(24-18)10-19-15-3-1-2-4-16(15)22(30)27(25-19)11-21(28)29/h1-4,7-9,13H,5-6,10-12H2,(H,28,29). The summed E-state index contributed by atoms with van der Waals surface area (Å²) in [7, 11) is 0. The van der Waals surface area contributed by atoms with E-state index in [1.807, 2.05) is 18.3 Å². The molecule has 4 aromatic rings. The van der Waals surface area contributed by atoms with Gasteiger partial charge in [0.1, 0.15) is 12.3 Å². The van der Waals surface area contributed by atoms with Crippen LogP contribution in [0.25, 0.3) is 21.7 Å². The van der Waals surface area contributed by atoms with Crippen LogP contribution in [0.4, 0.5) is 0 Å². The van der Waals surface area contributed by atoms with Crippen molar-refractivity contribution >= 4 is 39.2 Å². The molecule has 1 aliphatic carbocycles. The Labute approximate surface area is 181 Å². The van der Waals surface area contributed by atoms with E-state index >= 15 is 0 Å². The third kappa shape index (κ3) is 3.98. The Morgan fingerprint density at radius 1 is 1.19 bits per heavy atom. The second-order valence-electron chi connectivity index (χ2n) is 7.77. The molecule has 0 saturated heterocycles. The molecule has 1 aliphatic rings. The van der Waals surface area contributed by atoms with Gasteiger partial charge in [-0.15, -0.1) is 0 Å². The van der Waals surface area contributed by atoms with Gasteiger partial charge in [0, 0.05) is 17.0 Å². The van der Waals surface area contributed by atoms with Gasteiger partial charge in [-0.05, 0) is 37.0 Å². The van der Waals surface area contributed by atoms with Gasteiger partial charge in [-0.1, -0.05) is 29.8 Å². The summed E-state index contributed by atoms with van der Waals surface area (Å²) in [5.74, 6) is 0.128. The van der Waals surface area contributed by atoms with E-state index in [4.69, 9.17) is 21.4 Å². The summed E-state index contributed by atoms with van der Waals surface area (Å²) in [5.41, 5.74) is 0.837. The number of carbonyl (C=O) groups is 1. The first kappa shape index (κ1) is 19.6. The summed E-state index contributed by atoms with van der Waals surface area (Å²) in [6, 6.07) is 10.7. The maximum absolute atomic E-state index is 12.6. The third-order valence-electron chi connectivity index (χ3n) is 5.32. The number of hydrogen-bond donors (Lipinski definition) is 1. The Bertz CT molecular complexity index is 1370. The molecule has 0 bridgehead atoms. The number of carboxylic acid groups (broad SMARTS) is 1. The van der Waals surface area contributed by atoms with Crippen LogP contribution in [-0.2, 0) is 17.9 Å². The number of rotatable bonds is 7. The molecule has 0 spiro atoms. The first-order valence-electron chi connectivity index (χ1n) is 9.98. The third-order valence-corrected chi connectivity index (χ3v) is 5.61. The van der Waals surface area contributed by atoms with E-state index in [9.17, 15) is 9.59 Å². The topological polar surface area (TPSA) is 99.2 Å². The van der Waals surface area contributed by atoms with Crippen molar-refractivity contribution < 1.29 is 14.6 Å². The summed E-state index contributed by atoms with van der Waals surface area (Å²) >= 11 is 6.36. The predicted octanol–water partition coefficient (Wildman–Crippen LogP) is 3.32. The van der Waals surface area contributed by atoms with Crippen molar-refractivity contribution in [3.63, 3.8) is 0 Å². The molecule has 0 atom stereocenters. The Balaban J connectivity index is 1.52. The maximum atomic E-state index is 12.6. The molecule has 1 N–H and O–H groups in total. The lowest BCUT2D eigenvalue weighted by Crippen LogP contribution is -2.28. The Morgan fingerprint density at radius 3 is 2.71 bits per heavy atom. The van der Waals surface area contributed by atoms with Gasteiger partial charge in [-0.25, -0.2) is 4.68 Å². The Hall–Kier alpha value is -3.39. The van der Waals surface area contributed by atoms with Gasteiger partial charge in [-0.2, -0.15) is 10.2 Å². The highest BCUT2D eigenvalue weighted by Gasteiger charge is 2.22. The predicted molar refractivity (Wildman–Crippen MR) is 116 cm³/mol. The molecule has 2 heterocycles. The molecule has 0 amide bonds. The van der Waals surface area contributed by atoms with Gasteiger partial charge in [0.05, 0.1) is 34.8 Å². The summed E-state index contributed by atoms with van der Waals surface area (Å²) in [4.78, 5) is 23.7. The Morgan fingerprint density at radius 2 is 1.97 bits per heavy atom.